The highest BCUT2D eigenvalue weighted by Crippen LogP contribution is 2.29. The minimum atomic E-state index is -3.97. The molecule has 0 fully saturated rings. The number of para-hydroxylation sites is 1. The third-order valence-corrected chi connectivity index (χ3v) is 2.75. The van der Waals surface area contributed by atoms with Gasteiger partial charge >= 0.3 is 16.3 Å². The van der Waals surface area contributed by atoms with Crippen LogP contribution in [0.25, 0.3) is 5.70 Å². The quantitative estimate of drug-likeness (QED) is 0.691. The van der Waals surface area contributed by atoms with Crippen LogP contribution in [0.2, 0.25) is 0 Å². The number of hydrogen-bond donors (Lipinski definition) is 2. The highest BCUT2D eigenvalue weighted by atomic mass is 32.2. The summed E-state index contributed by atoms with van der Waals surface area (Å²) in [5.41, 5.74) is 0.370. The molecule has 0 atom stereocenters. The molecule has 0 saturated heterocycles. The van der Waals surface area contributed by atoms with Gasteiger partial charge in [0.25, 0.3) is 0 Å². The first-order valence-electron chi connectivity index (χ1n) is 4.24. The van der Waals surface area contributed by atoms with Crippen molar-refractivity contribution in [2.75, 3.05) is 0 Å². The number of carboxylic acid groups (broad SMARTS) is 1. The Morgan fingerprint density at radius 2 is 2.06 bits per heavy atom. The summed E-state index contributed by atoms with van der Waals surface area (Å²) in [5, 5.41) is 8.61. The first-order chi connectivity index (χ1) is 7.48. The lowest BCUT2D eigenvalue weighted by atomic mass is 10.1. The van der Waals surface area contributed by atoms with E-state index in [1.807, 2.05) is 4.72 Å². The van der Waals surface area contributed by atoms with Crippen LogP contribution in [0.15, 0.2) is 30.3 Å². The first kappa shape index (κ1) is 10.5. The Balaban J connectivity index is 2.61. The molecule has 0 saturated carbocycles. The number of hydrogen-bond acceptors (Lipinski definition) is 4. The van der Waals surface area contributed by atoms with Crippen LogP contribution in [0.3, 0.4) is 0 Å². The van der Waals surface area contributed by atoms with Crippen LogP contribution in [-0.2, 0) is 15.1 Å². The summed E-state index contributed by atoms with van der Waals surface area (Å²) >= 11 is 0. The zero-order valence-corrected chi connectivity index (χ0v) is 8.69. The van der Waals surface area contributed by atoms with Gasteiger partial charge in [0.2, 0.25) is 0 Å². The predicted octanol–water partition coefficient (Wildman–Crippen LogP) is 0.339. The van der Waals surface area contributed by atoms with Crippen LogP contribution in [0, 0.1) is 0 Å². The van der Waals surface area contributed by atoms with Gasteiger partial charge in [-0.1, -0.05) is 12.1 Å². The van der Waals surface area contributed by atoms with Crippen molar-refractivity contribution >= 4 is 22.0 Å². The van der Waals surface area contributed by atoms with E-state index in [9.17, 15) is 13.2 Å². The molecule has 2 rings (SSSR count). The number of fused-ring (bicyclic) bond motifs is 1. The molecule has 1 aromatic rings. The predicted molar refractivity (Wildman–Crippen MR) is 54.7 cm³/mol. The van der Waals surface area contributed by atoms with Gasteiger partial charge < -0.3 is 9.29 Å². The first-order valence-corrected chi connectivity index (χ1v) is 5.65. The van der Waals surface area contributed by atoms with E-state index in [0.717, 1.165) is 6.08 Å². The van der Waals surface area contributed by atoms with Crippen molar-refractivity contribution in [2.45, 2.75) is 0 Å². The van der Waals surface area contributed by atoms with E-state index in [1.165, 1.54) is 6.07 Å². The lowest BCUT2D eigenvalue weighted by Gasteiger charge is -2.20. The maximum absolute atomic E-state index is 11.2. The van der Waals surface area contributed by atoms with Crippen molar-refractivity contribution in [3.63, 3.8) is 0 Å². The van der Waals surface area contributed by atoms with E-state index in [0.29, 0.717) is 5.56 Å². The molecule has 1 heterocycles. The Labute approximate surface area is 91.4 Å². The SMILES string of the molecule is O=C(O)C=C1NS(=O)(=O)Oc2ccccc21. The fourth-order valence-corrected chi connectivity index (χ4v) is 2.18. The van der Waals surface area contributed by atoms with Gasteiger partial charge in [-0.05, 0) is 12.1 Å². The van der Waals surface area contributed by atoms with Crippen molar-refractivity contribution in [1.29, 1.82) is 0 Å². The Kier molecular flexibility index (Phi) is 2.31. The summed E-state index contributed by atoms with van der Waals surface area (Å²) in [6.07, 6.45) is 0.777. The molecule has 16 heavy (non-hydrogen) atoms. The van der Waals surface area contributed by atoms with Crippen molar-refractivity contribution < 1.29 is 22.5 Å². The number of carbonyl (C=O) groups is 1. The van der Waals surface area contributed by atoms with Crippen LogP contribution >= 0.6 is 0 Å². The normalized spacial score (nSPS) is 19.4. The minimum Gasteiger partial charge on any atom is -0.478 e. The number of carboxylic acids is 1. The molecule has 0 bridgehead atoms. The summed E-state index contributed by atoms with van der Waals surface area (Å²) < 4.78 is 29.1. The topological polar surface area (TPSA) is 92.7 Å². The highest BCUT2D eigenvalue weighted by Gasteiger charge is 2.25. The van der Waals surface area contributed by atoms with Crippen LogP contribution in [-0.4, -0.2) is 19.5 Å². The molecular formula is C9H7NO5S. The average molecular weight is 241 g/mol. The molecule has 0 aromatic heterocycles. The van der Waals surface area contributed by atoms with Gasteiger partial charge in [-0.25, -0.2) is 4.79 Å². The van der Waals surface area contributed by atoms with Crippen molar-refractivity contribution in [1.82, 2.24) is 4.72 Å². The van der Waals surface area contributed by atoms with Crippen LogP contribution in [0.4, 0.5) is 0 Å². The van der Waals surface area contributed by atoms with E-state index in [1.54, 1.807) is 18.2 Å². The van der Waals surface area contributed by atoms with Crippen molar-refractivity contribution in [3.8, 4) is 5.75 Å². The van der Waals surface area contributed by atoms with Crippen LogP contribution < -0.4 is 8.91 Å². The van der Waals surface area contributed by atoms with Crippen LogP contribution in [0.5, 0.6) is 5.75 Å². The molecule has 2 N–H and O–H groups in total. The smallest absolute Gasteiger partial charge is 0.407 e. The second-order valence-electron chi connectivity index (χ2n) is 3.03. The molecule has 0 unspecified atom stereocenters. The minimum absolute atomic E-state index is 0.0191. The fourth-order valence-electron chi connectivity index (χ4n) is 1.32. The van der Waals surface area contributed by atoms with Crippen molar-refractivity contribution in [3.05, 3.63) is 35.9 Å². The largest absolute Gasteiger partial charge is 0.478 e. The Hall–Kier alpha value is -2.02. The van der Waals surface area contributed by atoms with Gasteiger partial charge in [-0.3, -0.25) is 4.72 Å². The number of nitrogens with one attached hydrogen (secondary N) is 1. The zero-order valence-electron chi connectivity index (χ0n) is 7.88. The summed E-state index contributed by atoms with van der Waals surface area (Å²) in [6.45, 7) is 0. The maximum atomic E-state index is 11.2. The lowest BCUT2D eigenvalue weighted by Crippen LogP contribution is -2.31. The molecule has 0 radical (unpaired) electrons. The van der Waals surface area contributed by atoms with Gasteiger partial charge in [-0.2, -0.15) is 8.42 Å². The fraction of sp³-hybridized carbons (Fsp3) is 0. The monoisotopic (exact) mass is 241 g/mol. The molecule has 6 nitrogen and oxygen atoms in total. The molecule has 0 amide bonds. The molecule has 0 spiro atoms. The lowest BCUT2D eigenvalue weighted by molar-refractivity contribution is -0.131. The molecule has 1 aliphatic rings. The number of aliphatic carboxylic acids is 1. The summed E-state index contributed by atoms with van der Waals surface area (Å²) in [6, 6.07) is 6.25. The van der Waals surface area contributed by atoms with E-state index in [4.69, 9.17) is 5.11 Å². The third-order valence-electron chi connectivity index (χ3n) is 1.88. The second-order valence-corrected chi connectivity index (χ2v) is 4.31. The van der Waals surface area contributed by atoms with Crippen LogP contribution in [0.1, 0.15) is 5.56 Å². The van der Waals surface area contributed by atoms with Gasteiger partial charge in [0.1, 0.15) is 0 Å². The average Bonchev–Trinajstić information content (AvgIpc) is 2.14. The maximum Gasteiger partial charge on any atom is 0.407 e. The number of rotatable bonds is 1. The van der Waals surface area contributed by atoms with Gasteiger partial charge in [0.15, 0.2) is 5.75 Å². The summed E-state index contributed by atoms with van der Waals surface area (Å²) in [7, 11) is -3.97. The third kappa shape index (κ3) is 1.98. The Morgan fingerprint density at radius 3 is 2.75 bits per heavy atom. The summed E-state index contributed by atoms with van der Waals surface area (Å²) in [5.74, 6) is -1.14. The standard InChI is InChI=1S/C9H7NO5S/c11-9(12)5-7-6-3-1-2-4-8(6)15-16(13,14)10-7/h1-5,10H,(H,11,12). The van der Waals surface area contributed by atoms with Gasteiger partial charge in [0.05, 0.1) is 5.70 Å². The van der Waals surface area contributed by atoms with E-state index in [-0.39, 0.29) is 11.4 Å². The van der Waals surface area contributed by atoms with E-state index < -0.39 is 16.3 Å². The van der Waals surface area contributed by atoms with E-state index >= 15 is 0 Å². The molecule has 7 heteroatoms. The van der Waals surface area contributed by atoms with Gasteiger partial charge in [0, 0.05) is 11.6 Å². The second kappa shape index (κ2) is 3.53. The van der Waals surface area contributed by atoms with E-state index in [2.05, 4.69) is 4.18 Å². The molecule has 0 aliphatic carbocycles. The van der Waals surface area contributed by atoms with Crippen molar-refractivity contribution in [2.24, 2.45) is 0 Å². The Morgan fingerprint density at radius 1 is 1.38 bits per heavy atom. The molecular weight excluding hydrogens is 234 g/mol. The Bertz CT molecular complexity index is 575. The highest BCUT2D eigenvalue weighted by molar-refractivity contribution is 7.85. The summed E-state index contributed by atoms with van der Waals surface area (Å²) in [4.78, 5) is 10.5. The molecule has 84 valence electrons. The number of benzene rings is 1. The molecule has 1 aromatic carbocycles. The molecule has 1 aliphatic heterocycles. The van der Waals surface area contributed by atoms with Gasteiger partial charge in [-0.15, -0.1) is 0 Å². The zero-order chi connectivity index (χ0) is 11.8.